The summed E-state index contributed by atoms with van der Waals surface area (Å²) in [6.07, 6.45) is 3.92. The second kappa shape index (κ2) is 5.62. The Kier molecular flexibility index (Phi) is 4.33. The first kappa shape index (κ1) is 13.9. The van der Waals surface area contributed by atoms with Crippen LogP contribution in [0.5, 0.6) is 0 Å². The van der Waals surface area contributed by atoms with Crippen LogP contribution in [0.2, 0.25) is 5.02 Å². The van der Waals surface area contributed by atoms with Gasteiger partial charge in [0.05, 0.1) is 16.4 Å². The van der Waals surface area contributed by atoms with E-state index in [-0.39, 0.29) is 0 Å². The summed E-state index contributed by atoms with van der Waals surface area (Å²) < 4.78 is 1.89. The number of aryl methyl sites for hydroxylation is 2. The predicted molar refractivity (Wildman–Crippen MR) is 75.8 cm³/mol. The number of hydrogen-bond acceptors (Lipinski definition) is 2. The van der Waals surface area contributed by atoms with Crippen molar-refractivity contribution in [1.82, 2.24) is 15.1 Å². The number of nitrogens with zero attached hydrogens (tertiary/aromatic N) is 2. The van der Waals surface area contributed by atoms with Gasteiger partial charge in [0, 0.05) is 19.6 Å². The number of nitrogens with one attached hydrogen (secondary N) is 1. The van der Waals surface area contributed by atoms with Crippen molar-refractivity contribution in [2.75, 3.05) is 0 Å². The minimum absolute atomic E-state index is 0.620. The molecule has 3 nitrogen and oxygen atoms in total. The molecule has 1 aliphatic carbocycles. The molecule has 1 aromatic heterocycles. The molecule has 1 aromatic rings. The topological polar surface area (TPSA) is 29.9 Å². The van der Waals surface area contributed by atoms with E-state index in [4.69, 9.17) is 11.6 Å². The van der Waals surface area contributed by atoms with Crippen LogP contribution in [-0.4, -0.2) is 15.8 Å². The summed E-state index contributed by atoms with van der Waals surface area (Å²) in [6.45, 7) is 7.48. The molecular weight excluding hydrogens is 246 g/mol. The molecule has 0 saturated heterocycles. The van der Waals surface area contributed by atoms with E-state index in [1.165, 1.54) is 19.3 Å². The number of halogens is 1. The van der Waals surface area contributed by atoms with Crippen molar-refractivity contribution >= 4 is 11.6 Å². The van der Waals surface area contributed by atoms with Crippen LogP contribution in [0.15, 0.2) is 0 Å². The van der Waals surface area contributed by atoms with E-state index in [1.807, 2.05) is 18.7 Å². The van der Waals surface area contributed by atoms with Crippen molar-refractivity contribution in [3.8, 4) is 0 Å². The van der Waals surface area contributed by atoms with Gasteiger partial charge in [-0.3, -0.25) is 4.68 Å². The molecule has 1 saturated carbocycles. The second-order valence-electron chi connectivity index (χ2n) is 5.96. The zero-order chi connectivity index (χ0) is 13.3. The fourth-order valence-corrected chi connectivity index (χ4v) is 3.45. The number of aromatic nitrogens is 2. The maximum atomic E-state index is 6.27. The van der Waals surface area contributed by atoms with Gasteiger partial charge in [0.15, 0.2) is 0 Å². The highest BCUT2D eigenvalue weighted by Gasteiger charge is 2.24. The lowest BCUT2D eigenvalue weighted by molar-refractivity contribution is 0.237. The first-order valence-corrected chi connectivity index (χ1v) is 7.26. The molecule has 0 aromatic carbocycles. The van der Waals surface area contributed by atoms with Crippen molar-refractivity contribution < 1.29 is 0 Å². The monoisotopic (exact) mass is 269 g/mol. The Balaban J connectivity index is 1.95. The fraction of sp³-hybridized carbons (Fsp3) is 0.786. The average molecular weight is 270 g/mol. The standard InChI is InChI=1S/C14H24ClN3/c1-9-5-10(2)7-12(6-9)16-8-13-14(15)11(3)17-18(13)4/h9-10,12,16H,5-8H2,1-4H3. The smallest absolute Gasteiger partial charge is 0.0860 e. The Morgan fingerprint density at radius 3 is 2.39 bits per heavy atom. The summed E-state index contributed by atoms with van der Waals surface area (Å²) in [5.41, 5.74) is 2.02. The van der Waals surface area contributed by atoms with E-state index < -0.39 is 0 Å². The minimum Gasteiger partial charge on any atom is -0.308 e. The third-order valence-electron chi connectivity index (χ3n) is 4.00. The normalized spacial score (nSPS) is 28.6. The van der Waals surface area contributed by atoms with Crippen molar-refractivity contribution in [1.29, 1.82) is 0 Å². The molecule has 0 radical (unpaired) electrons. The van der Waals surface area contributed by atoms with Crippen LogP contribution < -0.4 is 5.32 Å². The van der Waals surface area contributed by atoms with Crippen LogP contribution >= 0.6 is 11.6 Å². The third-order valence-corrected chi connectivity index (χ3v) is 4.49. The molecule has 2 atom stereocenters. The van der Waals surface area contributed by atoms with Gasteiger partial charge in [-0.1, -0.05) is 25.4 Å². The molecule has 0 spiro atoms. The molecule has 0 amide bonds. The highest BCUT2D eigenvalue weighted by molar-refractivity contribution is 6.31. The molecule has 1 aliphatic rings. The molecule has 102 valence electrons. The summed E-state index contributed by atoms with van der Waals surface area (Å²) in [4.78, 5) is 0. The van der Waals surface area contributed by atoms with Crippen LogP contribution in [-0.2, 0) is 13.6 Å². The van der Waals surface area contributed by atoms with Gasteiger partial charge in [0.1, 0.15) is 0 Å². The van der Waals surface area contributed by atoms with Crippen LogP contribution in [0.4, 0.5) is 0 Å². The maximum Gasteiger partial charge on any atom is 0.0860 e. The average Bonchev–Trinajstić information content (AvgIpc) is 2.50. The zero-order valence-corrected chi connectivity index (χ0v) is 12.6. The van der Waals surface area contributed by atoms with Crippen LogP contribution in [0.3, 0.4) is 0 Å². The predicted octanol–water partition coefficient (Wildman–Crippen LogP) is 3.30. The van der Waals surface area contributed by atoms with E-state index >= 15 is 0 Å². The van der Waals surface area contributed by atoms with E-state index in [0.29, 0.717) is 6.04 Å². The number of rotatable bonds is 3. The largest absolute Gasteiger partial charge is 0.308 e. The Hall–Kier alpha value is -0.540. The molecule has 2 rings (SSSR count). The van der Waals surface area contributed by atoms with Crippen molar-refractivity contribution in [3.05, 3.63) is 16.4 Å². The third kappa shape index (κ3) is 3.07. The zero-order valence-electron chi connectivity index (χ0n) is 11.8. The van der Waals surface area contributed by atoms with Gasteiger partial charge in [0.2, 0.25) is 0 Å². The lowest BCUT2D eigenvalue weighted by Gasteiger charge is -2.32. The van der Waals surface area contributed by atoms with E-state index in [0.717, 1.165) is 34.8 Å². The molecule has 1 fully saturated rings. The summed E-state index contributed by atoms with van der Waals surface area (Å²) in [5.74, 6) is 1.66. The van der Waals surface area contributed by atoms with Crippen molar-refractivity contribution in [3.63, 3.8) is 0 Å². The molecule has 1 heterocycles. The molecular formula is C14H24ClN3. The van der Waals surface area contributed by atoms with E-state index in [2.05, 4.69) is 24.3 Å². The fourth-order valence-electron chi connectivity index (χ4n) is 3.23. The molecule has 0 bridgehead atoms. The summed E-state index contributed by atoms with van der Waals surface area (Å²) in [6, 6.07) is 0.620. The summed E-state index contributed by atoms with van der Waals surface area (Å²) in [7, 11) is 1.96. The first-order chi connectivity index (χ1) is 8.47. The SMILES string of the molecule is Cc1nn(C)c(CNC2CC(C)CC(C)C2)c1Cl. The lowest BCUT2D eigenvalue weighted by atomic mass is 9.80. The number of hydrogen-bond donors (Lipinski definition) is 1. The minimum atomic E-state index is 0.620. The van der Waals surface area contributed by atoms with Crippen LogP contribution in [0, 0.1) is 18.8 Å². The molecule has 18 heavy (non-hydrogen) atoms. The van der Waals surface area contributed by atoms with Crippen molar-refractivity contribution in [2.24, 2.45) is 18.9 Å². The quantitative estimate of drug-likeness (QED) is 0.913. The highest BCUT2D eigenvalue weighted by atomic mass is 35.5. The van der Waals surface area contributed by atoms with Gasteiger partial charge in [0.25, 0.3) is 0 Å². The van der Waals surface area contributed by atoms with Crippen LogP contribution in [0.1, 0.15) is 44.5 Å². The van der Waals surface area contributed by atoms with Gasteiger partial charge >= 0.3 is 0 Å². The second-order valence-corrected chi connectivity index (χ2v) is 6.34. The molecule has 2 unspecified atom stereocenters. The van der Waals surface area contributed by atoms with Gasteiger partial charge in [-0.15, -0.1) is 0 Å². The van der Waals surface area contributed by atoms with Crippen molar-refractivity contribution in [2.45, 2.75) is 52.6 Å². The Labute approximate surface area is 115 Å². The highest BCUT2D eigenvalue weighted by Crippen LogP contribution is 2.29. The Morgan fingerprint density at radius 1 is 1.28 bits per heavy atom. The van der Waals surface area contributed by atoms with E-state index in [9.17, 15) is 0 Å². The molecule has 1 N–H and O–H groups in total. The Morgan fingerprint density at radius 2 is 1.89 bits per heavy atom. The summed E-state index contributed by atoms with van der Waals surface area (Å²) >= 11 is 6.27. The maximum absolute atomic E-state index is 6.27. The van der Waals surface area contributed by atoms with Gasteiger partial charge < -0.3 is 5.32 Å². The molecule has 4 heteroatoms. The molecule has 0 aliphatic heterocycles. The van der Waals surface area contributed by atoms with E-state index in [1.54, 1.807) is 0 Å². The van der Waals surface area contributed by atoms with Gasteiger partial charge in [-0.05, 0) is 38.0 Å². The Bertz CT molecular complexity index is 403. The van der Waals surface area contributed by atoms with Gasteiger partial charge in [-0.25, -0.2) is 0 Å². The summed E-state index contributed by atoms with van der Waals surface area (Å²) in [5, 5.41) is 8.80. The van der Waals surface area contributed by atoms with Crippen LogP contribution in [0.25, 0.3) is 0 Å². The van der Waals surface area contributed by atoms with Gasteiger partial charge in [-0.2, -0.15) is 5.10 Å². The lowest BCUT2D eigenvalue weighted by Crippen LogP contribution is -2.36. The first-order valence-electron chi connectivity index (χ1n) is 6.88.